The first-order chi connectivity index (χ1) is 10.2. The molecular formula is C16H29N3O2. The van der Waals surface area contributed by atoms with Crippen LogP contribution in [0.25, 0.3) is 0 Å². The summed E-state index contributed by atoms with van der Waals surface area (Å²) < 4.78 is 0. The van der Waals surface area contributed by atoms with Crippen molar-refractivity contribution in [2.75, 3.05) is 19.6 Å². The van der Waals surface area contributed by atoms with Crippen molar-refractivity contribution in [3.63, 3.8) is 0 Å². The van der Waals surface area contributed by atoms with Gasteiger partial charge in [0, 0.05) is 32.6 Å². The topological polar surface area (TPSA) is 61.4 Å². The van der Waals surface area contributed by atoms with Crippen LogP contribution in [0, 0.1) is 0 Å². The molecule has 1 aliphatic heterocycles. The number of nitrogens with one attached hydrogen (secondary N) is 2. The summed E-state index contributed by atoms with van der Waals surface area (Å²) in [7, 11) is 0. The summed E-state index contributed by atoms with van der Waals surface area (Å²) in [5, 5.41) is 6.52. The molecule has 1 saturated carbocycles. The first-order valence-electron chi connectivity index (χ1n) is 8.47. The second-order valence-corrected chi connectivity index (χ2v) is 6.30. The lowest BCUT2D eigenvalue weighted by molar-refractivity contribution is -0.136. The molecule has 0 spiro atoms. The number of carbonyl (C=O) groups is 2. The minimum atomic E-state index is -0.250. The summed E-state index contributed by atoms with van der Waals surface area (Å²) in [5.41, 5.74) is 0. The van der Waals surface area contributed by atoms with Crippen LogP contribution < -0.4 is 10.6 Å². The zero-order valence-electron chi connectivity index (χ0n) is 13.2. The number of amides is 2. The number of rotatable bonds is 5. The van der Waals surface area contributed by atoms with Gasteiger partial charge in [-0.15, -0.1) is 0 Å². The molecule has 120 valence electrons. The highest BCUT2D eigenvalue weighted by molar-refractivity contribution is 5.87. The Kier molecular flexibility index (Phi) is 6.49. The third-order valence-corrected chi connectivity index (χ3v) is 4.67. The van der Waals surface area contributed by atoms with Gasteiger partial charge in [-0.2, -0.15) is 0 Å². The van der Waals surface area contributed by atoms with E-state index in [1.165, 1.54) is 38.5 Å². The Labute approximate surface area is 127 Å². The first-order valence-corrected chi connectivity index (χ1v) is 8.47. The largest absolute Gasteiger partial charge is 0.353 e. The van der Waals surface area contributed by atoms with Crippen LogP contribution in [0.5, 0.6) is 0 Å². The number of likely N-dealkylation sites (tertiary alicyclic amines) is 1. The molecule has 0 aromatic heterocycles. The van der Waals surface area contributed by atoms with Crippen LogP contribution in [0.2, 0.25) is 0 Å². The van der Waals surface area contributed by atoms with Gasteiger partial charge in [0.25, 0.3) is 0 Å². The number of hydrogen-bond acceptors (Lipinski definition) is 3. The summed E-state index contributed by atoms with van der Waals surface area (Å²) in [4.78, 5) is 25.3. The monoisotopic (exact) mass is 295 g/mol. The van der Waals surface area contributed by atoms with Crippen molar-refractivity contribution in [2.45, 2.75) is 70.4 Å². The quantitative estimate of drug-likeness (QED) is 0.596. The molecule has 0 aromatic carbocycles. The molecule has 2 aliphatic rings. The normalized spacial score (nSPS) is 23.9. The average molecular weight is 295 g/mol. The van der Waals surface area contributed by atoms with E-state index < -0.39 is 0 Å². The van der Waals surface area contributed by atoms with Gasteiger partial charge in [-0.25, -0.2) is 0 Å². The fourth-order valence-corrected chi connectivity index (χ4v) is 3.48. The summed E-state index contributed by atoms with van der Waals surface area (Å²) >= 11 is 0. The fraction of sp³-hybridized carbons (Fsp3) is 0.875. The van der Waals surface area contributed by atoms with Crippen molar-refractivity contribution < 1.29 is 9.59 Å². The Morgan fingerprint density at radius 3 is 2.38 bits per heavy atom. The van der Waals surface area contributed by atoms with Crippen molar-refractivity contribution in [3.05, 3.63) is 0 Å². The fourth-order valence-electron chi connectivity index (χ4n) is 3.48. The molecule has 1 saturated heterocycles. The van der Waals surface area contributed by atoms with E-state index in [0.29, 0.717) is 19.1 Å². The van der Waals surface area contributed by atoms with Gasteiger partial charge in [-0.3, -0.25) is 9.59 Å². The zero-order chi connectivity index (χ0) is 15.1. The molecule has 2 amide bonds. The summed E-state index contributed by atoms with van der Waals surface area (Å²) in [6.07, 6.45) is 9.59. The third-order valence-electron chi connectivity index (χ3n) is 4.67. The maximum absolute atomic E-state index is 12.1. The predicted octanol–water partition coefficient (Wildman–Crippen LogP) is 1.43. The van der Waals surface area contributed by atoms with Gasteiger partial charge in [0.2, 0.25) is 11.8 Å². The second kappa shape index (κ2) is 8.37. The molecule has 0 radical (unpaired) electrons. The van der Waals surface area contributed by atoms with Crippen LogP contribution in [-0.2, 0) is 9.59 Å². The molecule has 0 aromatic rings. The van der Waals surface area contributed by atoms with E-state index in [0.717, 1.165) is 19.4 Å². The van der Waals surface area contributed by atoms with Crippen molar-refractivity contribution in [1.29, 1.82) is 0 Å². The van der Waals surface area contributed by atoms with Crippen LogP contribution in [0.3, 0.4) is 0 Å². The second-order valence-electron chi connectivity index (χ2n) is 6.30. The molecule has 5 nitrogen and oxygen atoms in total. The summed E-state index contributed by atoms with van der Waals surface area (Å²) in [6.45, 7) is 3.73. The minimum Gasteiger partial charge on any atom is -0.353 e. The van der Waals surface area contributed by atoms with Crippen LogP contribution >= 0.6 is 0 Å². The molecule has 0 bridgehead atoms. The highest BCUT2D eigenvalue weighted by Gasteiger charge is 2.31. The van der Waals surface area contributed by atoms with Crippen LogP contribution in [-0.4, -0.2) is 48.4 Å². The van der Waals surface area contributed by atoms with Gasteiger partial charge in [0.15, 0.2) is 0 Å². The SMILES string of the molecule is CC(=O)N1CCCC1C(=O)NCCNC1CCCCCC1. The van der Waals surface area contributed by atoms with E-state index in [4.69, 9.17) is 0 Å². The van der Waals surface area contributed by atoms with E-state index >= 15 is 0 Å². The lowest BCUT2D eigenvalue weighted by atomic mass is 10.1. The van der Waals surface area contributed by atoms with E-state index in [1.807, 2.05) is 0 Å². The zero-order valence-corrected chi connectivity index (χ0v) is 13.2. The smallest absolute Gasteiger partial charge is 0.242 e. The van der Waals surface area contributed by atoms with Gasteiger partial charge in [-0.1, -0.05) is 25.7 Å². The molecule has 2 rings (SSSR count). The summed E-state index contributed by atoms with van der Waals surface area (Å²) in [5.74, 6) is 0.00889. The molecule has 1 heterocycles. The first kappa shape index (κ1) is 16.3. The Morgan fingerprint density at radius 1 is 1.00 bits per heavy atom. The maximum Gasteiger partial charge on any atom is 0.242 e. The highest BCUT2D eigenvalue weighted by atomic mass is 16.2. The van der Waals surface area contributed by atoms with Gasteiger partial charge < -0.3 is 15.5 Å². The number of hydrogen-bond donors (Lipinski definition) is 2. The Morgan fingerprint density at radius 2 is 1.71 bits per heavy atom. The van der Waals surface area contributed by atoms with Gasteiger partial charge in [-0.05, 0) is 25.7 Å². The Bertz CT molecular complexity index is 351. The molecule has 1 aliphatic carbocycles. The molecule has 5 heteroatoms. The molecule has 1 unspecified atom stereocenters. The lowest BCUT2D eigenvalue weighted by Crippen LogP contribution is -2.47. The van der Waals surface area contributed by atoms with Crippen molar-refractivity contribution in [2.24, 2.45) is 0 Å². The minimum absolute atomic E-state index is 0.00392. The number of nitrogens with zero attached hydrogens (tertiary/aromatic N) is 1. The van der Waals surface area contributed by atoms with E-state index in [2.05, 4.69) is 10.6 Å². The predicted molar refractivity (Wildman–Crippen MR) is 82.9 cm³/mol. The van der Waals surface area contributed by atoms with Crippen LogP contribution in [0.1, 0.15) is 58.3 Å². The van der Waals surface area contributed by atoms with Crippen molar-refractivity contribution in [3.8, 4) is 0 Å². The lowest BCUT2D eigenvalue weighted by Gasteiger charge is -2.23. The van der Waals surface area contributed by atoms with Crippen LogP contribution in [0.15, 0.2) is 0 Å². The van der Waals surface area contributed by atoms with Crippen LogP contribution in [0.4, 0.5) is 0 Å². The average Bonchev–Trinajstić information content (AvgIpc) is 2.82. The Balaban J connectivity index is 1.63. The van der Waals surface area contributed by atoms with Crippen molar-refractivity contribution in [1.82, 2.24) is 15.5 Å². The number of carbonyl (C=O) groups excluding carboxylic acids is 2. The van der Waals surface area contributed by atoms with Gasteiger partial charge in [0.05, 0.1) is 0 Å². The molecule has 2 N–H and O–H groups in total. The van der Waals surface area contributed by atoms with E-state index in [9.17, 15) is 9.59 Å². The molecular weight excluding hydrogens is 266 g/mol. The standard InChI is InChI=1S/C16H29N3O2/c1-13(20)19-12-6-9-15(19)16(21)18-11-10-17-14-7-4-2-3-5-8-14/h14-15,17H,2-12H2,1H3,(H,18,21). The molecule has 2 fully saturated rings. The maximum atomic E-state index is 12.1. The Hall–Kier alpha value is -1.10. The van der Waals surface area contributed by atoms with Crippen molar-refractivity contribution >= 4 is 11.8 Å². The molecule has 1 atom stereocenters. The van der Waals surface area contributed by atoms with E-state index in [1.54, 1.807) is 11.8 Å². The third kappa shape index (κ3) is 4.99. The molecule has 21 heavy (non-hydrogen) atoms. The van der Waals surface area contributed by atoms with Gasteiger partial charge in [0.1, 0.15) is 6.04 Å². The van der Waals surface area contributed by atoms with Gasteiger partial charge >= 0.3 is 0 Å². The summed E-state index contributed by atoms with van der Waals surface area (Å²) in [6, 6.07) is 0.366. The highest BCUT2D eigenvalue weighted by Crippen LogP contribution is 2.18. The van der Waals surface area contributed by atoms with E-state index in [-0.39, 0.29) is 17.9 Å².